The van der Waals surface area contributed by atoms with Crippen molar-refractivity contribution in [2.45, 2.75) is 45.8 Å². The van der Waals surface area contributed by atoms with Crippen LogP contribution in [0, 0.1) is 13.8 Å². The highest BCUT2D eigenvalue weighted by atomic mass is 79.9. The second kappa shape index (κ2) is 4.84. The van der Waals surface area contributed by atoms with Crippen molar-refractivity contribution in [2.24, 2.45) is 5.73 Å². The topological polar surface area (TPSA) is 35.2 Å². The number of nitrogens with two attached hydrogens (primary N) is 1. The number of hydrogen-bond acceptors (Lipinski definition) is 2. The highest BCUT2D eigenvalue weighted by molar-refractivity contribution is 9.10. The zero-order valence-electron chi connectivity index (χ0n) is 13.8. The van der Waals surface area contributed by atoms with Gasteiger partial charge in [0.05, 0.1) is 5.54 Å². The molecule has 2 aromatic rings. The minimum absolute atomic E-state index is 0.433. The lowest BCUT2D eigenvalue weighted by Gasteiger charge is -2.33. The molecule has 0 saturated carbocycles. The molecule has 0 aliphatic carbocycles. The zero-order chi connectivity index (χ0) is 16.3. The fraction of sp³-hybridized carbons (Fsp3) is 0.368. The summed E-state index contributed by atoms with van der Waals surface area (Å²) in [7, 11) is 0. The van der Waals surface area contributed by atoms with Crippen molar-refractivity contribution in [1.82, 2.24) is 0 Å². The molecule has 2 nitrogen and oxygen atoms in total. The van der Waals surface area contributed by atoms with Gasteiger partial charge in [-0.2, -0.15) is 0 Å². The summed E-state index contributed by atoms with van der Waals surface area (Å²) in [6.07, 6.45) is 0. The molecule has 0 fully saturated rings. The van der Waals surface area contributed by atoms with Crippen molar-refractivity contribution in [3.63, 3.8) is 0 Å². The summed E-state index contributed by atoms with van der Waals surface area (Å²) in [6.45, 7) is 10.5. The Morgan fingerprint density at radius 2 is 1.64 bits per heavy atom. The first-order valence-electron chi connectivity index (χ1n) is 7.53. The molecule has 1 aliphatic rings. The first-order valence-corrected chi connectivity index (χ1v) is 8.33. The van der Waals surface area contributed by atoms with Gasteiger partial charge in [-0.05, 0) is 69.5 Å². The van der Waals surface area contributed by atoms with E-state index in [-0.39, 0.29) is 0 Å². The number of hydrogen-bond donors (Lipinski definition) is 1. The Morgan fingerprint density at radius 1 is 1.05 bits per heavy atom. The van der Waals surface area contributed by atoms with Crippen LogP contribution >= 0.6 is 15.9 Å². The number of rotatable bonds is 1. The van der Waals surface area contributed by atoms with Gasteiger partial charge in [-0.15, -0.1) is 0 Å². The Hall–Kier alpha value is -1.32. The van der Waals surface area contributed by atoms with Crippen LogP contribution in [0.25, 0.3) is 11.1 Å². The van der Waals surface area contributed by atoms with Crippen LogP contribution in [-0.2, 0) is 5.54 Å². The number of benzene rings is 2. The van der Waals surface area contributed by atoms with Gasteiger partial charge in [0.15, 0.2) is 0 Å². The van der Waals surface area contributed by atoms with Gasteiger partial charge in [-0.25, -0.2) is 0 Å². The number of ether oxygens (including phenoxy) is 1. The van der Waals surface area contributed by atoms with E-state index in [9.17, 15) is 0 Å². The Bertz CT molecular complexity index is 745. The van der Waals surface area contributed by atoms with Crippen molar-refractivity contribution >= 4 is 15.9 Å². The molecule has 3 rings (SSSR count). The van der Waals surface area contributed by atoms with Crippen molar-refractivity contribution < 1.29 is 4.74 Å². The van der Waals surface area contributed by atoms with Gasteiger partial charge in [-0.3, -0.25) is 0 Å². The van der Waals surface area contributed by atoms with E-state index in [4.69, 9.17) is 10.5 Å². The maximum atomic E-state index is 6.68. The number of aryl methyl sites for hydroxylation is 1. The maximum Gasteiger partial charge on any atom is 0.133 e. The van der Waals surface area contributed by atoms with Crippen molar-refractivity contribution in [1.29, 1.82) is 0 Å². The first kappa shape index (κ1) is 15.6. The van der Waals surface area contributed by atoms with Gasteiger partial charge in [0.25, 0.3) is 0 Å². The van der Waals surface area contributed by atoms with Crippen LogP contribution in [0.4, 0.5) is 0 Å². The molecule has 3 heteroatoms. The monoisotopic (exact) mass is 359 g/mol. The molecule has 2 aromatic carbocycles. The third-order valence-corrected chi connectivity index (χ3v) is 5.61. The second-order valence-electron chi connectivity index (χ2n) is 6.89. The minimum atomic E-state index is -0.511. The summed E-state index contributed by atoms with van der Waals surface area (Å²) in [5.41, 5.74) is 11.6. The van der Waals surface area contributed by atoms with Gasteiger partial charge in [0.1, 0.15) is 11.4 Å². The largest absolute Gasteiger partial charge is 0.485 e. The van der Waals surface area contributed by atoms with Crippen LogP contribution in [0.15, 0.2) is 34.8 Å². The summed E-state index contributed by atoms with van der Waals surface area (Å²) in [5, 5.41) is 0. The predicted molar refractivity (Wildman–Crippen MR) is 95.3 cm³/mol. The molecule has 22 heavy (non-hydrogen) atoms. The van der Waals surface area contributed by atoms with Crippen LogP contribution in [-0.4, -0.2) is 5.60 Å². The van der Waals surface area contributed by atoms with E-state index < -0.39 is 11.1 Å². The van der Waals surface area contributed by atoms with Crippen LogP contribution in [0.3, 0.4) is 0 Å². The van der Waals surface area contributed by atoms with Gasteiger partial charge < -0.3 is 10.5 Å². The summed E-state index contributed by atoms with van der Waals surface area (Å²) in [6, 6.07) is 10.5. The van der Waals surface area contributed by atoms with Crippen LogP contribution in [0.1, 0.15) is 37.5 Å². The lowest BCUT2D eigenvalue weighted by atomic mass is 9.77. The maximum absolute atomic E-state index is 6.68. The van der Waals surface area contributed by atoms with Gasteiger partial charge in [-0.1, -0.05) is 28.1 Å². The number of fused-ring (bicyclic) bond motifs is 1. The lowest BCUT2D eigenvalue weighted by Crippen LogP contribution is -2.51. The third kappa shape index (κ3) is 2.10. The Kier molecular flexibility index (Phi) is 3.42. The molecule has 2 N–H and O–H groups in total. The van der Waals surface area contributed by atoms with Gasteiger partial charge in [0.2, 0.25) is 0 Å². The Balaban J connectivity index is 2.31. The molecule has 1 heterocycles. The van der Waals surface area contributed by atoms with E-state index in [1.807, 2.05) is 0 Å². The minimum Gasteiger partial charge on any atom is -0.485 e. The smallest absolute Gasteiger partial charge is 0.133 e. The molecule has 0 amide bonds. The van der Waals surface area contributed by atoms with E-state index in [0.29, 0.717) is 0 Å². The number of halogens is 1. The second-order valence-corrected chi connectivity index (χ2v) is 7.81. The van der Waals surface area contributed by atoms with Crippen LogP contribution in [0.5, 0.6) is 5.75 Å². The van der Waals surface area contributed by atoms with Crippen LogP contribution < -0.4 is 10.5 Å². The highest BCUT2D eigenvalue weighted by Crippen LogP contribution is 2.52. The summed E-state index contributed by atoms with van der Waals surface area (Å²) in [4.78, 5) is 0. The van der Waals surface area contributed by atoms with E-state index in [2.05, 4.69) is 80.9 Å². The SMILES string of the molecule is Cc1cc(-c2ccc(Br)cc2)c2c(c1C)C(C)(N)C(C)(C)O2. The van der Waals surface area contributed by atoms with Gasteiger partial charge >= 0.3 is 0 Å². The van der Waals surface area contributed by atoms with E-state index in [1.165, 1.54) is 11.1 Å². The molecular weight excluding hydrogens is 338 g/mol. The standard InChI is InChI=1S/C19H22BrNO/c1-11-10-15(13-6-8-14(20)9-7-13)17-16(12(11)2)19(5,21)18(3,4)22-17/h6-10H,21H2,1-5H3. The fourth-order valence-electron chi connectivity index (χ4n) is 3.13. The highest BCUT2D eigenvalue weighted by Gasteiger charge is 2.50. The average Bonchev–Trinajstić information content (AvgIpc) is 2.61. The molecule has 1 atom stereocenters. The van der Waals surface area contributed by atoms with Crippen molar-refractivity contribution in [3.05, 3.63) is 51.5 Å². The van der Waals surface area contributed by atoms with Crippen LogP contribution in [0.2, 0.25) is 0 Å². The molecule has 0 saturated heterocycles. The Morgan fingerprint density at radius 3 is 2.23 bits per heavy atom. The summed E-state index contributed by atoms with van der Waals surface area (Å²) < 4.78 is 7.40. The molecule has 0 spiro atoms. The molecular formula is C19H22BrNO. The summed E-state index contributed by atoms with van der Waals surface area (Å²) >= 11 is 3.49. The fourth-order valence-corrected chi connectivity index (χ4v) is 3.39. The van der Waals surface area contributed by atoms with Crippen molar-refractivity contribution in [3.8, 4) is 16.9 Å². The molecule has 0 aromatic heterocycles. The van der Waals surface area contributed by atoms with Crippen molar-refractivity contribution in [2.75, 3.05) is 0 Å². The van der Waals surface area contributed by atoms with E-state index >= 15 is 0 Å². The summed E-state index contributed by atoms with van der Waals surface area (Å²) in [5.74, 6) is 0.931. The molecule has 116 valence electrons. The molecule has 1 unspecified atom stereocenters. The molecule has 1 aliphatic heterocycles. The van der Waals surface area contributed by atoms with Gasteiger partial charge in [0, 0.05) is 15.6 Å². The normalized spacial score (nSPS) is 22.3. The first-order chi connectivity index (χ1) is 10.1. The lowest BCUT2D eigenvalue weighted by molar-refractivity contribution is 0.0654. The molecule has 0 bridgehead atoms. The average molecular weight is 360 g/mol. The molecule has 0 radical (unpaired) electrons. The third-order valence-electron chi connectivity index (χ3n) is 5.08. The Labute approximate surface area is 140 Å². The quantitative estimate of drug-likeness (QED) is 0.770. The zero-order valence-corrected chi connectivity index (χ0v) is 15.3. The predicted octanol–water partition coefficient (Wildman–Crippen LogP) is 5.08. The van der Waals surface area contributed by atoms with E-state index in [1.54, 1.807) is 0 Å². The van der Waals surface area contributed by atoms with E-state index in [0.717, 1.165) is 26.9 Å².